The highest BCUT2D eigenvalue weighted by atomic mass is 35.5. The molecule has 0 unspecified atom stereocenters. The van der Waals surface area contributed by atoms with E-state index in [9.17, 15) is 4.79 Å². The SMILES string of the molecule is CC(=O)O[C@@H](C1CCCC1)n1cnc2c(Cl)ncnc21. The average Bonchev–Trinajstić information content (AvgIpc) is 3.06. The van der Waals surface area contributed by atoms with Crippen LogP contribution in [0.15, 0.2) is 12.7 Å². The van der Waals surface area contributed by atoms with Crippen LogP contribution in [0.25, 0.3) is 11.2 Å². The van der Waals surface area contributed by atoms with Gasteiger partial charge < -0.3 is 4.74 Å². The second-order valence-electron chi connectivity index (χ2n) is 5.03. The number of imidazole rings is 1. The minimum absolute atomic E-state index is 0.296. The molecule has 1 aliphatic rings. The maximum Gasteiger partial charge on any atom is 0.304 e. The van der Waals surface area contributed by atoms with Crippen LogP contribution in [0.5, 0.6) is 0 Å². The van der Waals surface area contributed by atoms with Crippen molar-refractivity contribution in [1.82, 2.24) is 19.5 Å². The molecule has 3 rings (SSSR count). The standard InChI is InChI=1S/C13H15ClN4O2/c1-8(19)20-13(9-4-2-3-5-9)18-7-17-10-11(14)15-6-16-12(10)18/h6-7,9,13H,2-5H2,1H3/t13-/m0/s1. The summed E-state index contributed by atoms with van der Waals surface area (Å²) >= 11 is 6.01. The lowest BCUT2D eigenvalue weighted by Gasteiger charge is -2.24. The molecular weight excluding hydrogens is 280 g/mol. The highest BCUT2D eigenvalue weighted by Gasteiger charge is 2.30. The number of aromatic nitrogens is 4. The van der Waals surface area contributed by atoms with Gasteiger partial charge in [0.15, 0.2) is 17.0 Å². The maximum absolute atomic E-state index is 11.4. The van der Waals surface area contributed by atoms with Crippen LogP contribution in [-0.4, -0.2) is 25.5 Å². The first-order chi connectivity index (χ1) is 9.66. The van der Waals surface area contributed by atoms with Crippen molar-refractivity contribution in [3.63, 3.8) is 0 Å². The molecule has 0 aliphatic heterocycles. The number of fused-ring (bicyclic) bond motifs is 1. The predicted octanol–water partition coefficient (Wildman–Crippen LogP) is 2.73. The molecule has 1 saturated carbocycles. The Morgan fingerprint density at radius 3 is 2.85 bits per heavy atom. The van der Waals surface area contributed by atoms with Gasteiger partial charge >= 0.3 is 5.97 Å². The lowest BCUT2D eigenvalue weighted by atomic mass is 10.1. The topological polar surface area (TPSA) is 69.9 Å². The number of nitrogens with zero attached hydrogens (tertiary/aromatic N) is 4. The van der Waals surface area contributed by atoms with E-state index in [0.717, 1.165) is 25.7 Å². The van der Waals surface area contributed by atoms with Crippen molar-refractivity contribution < 1.29 is 9.53 Å². The highest BCUT2D eigenvalue weighted by molar-refractivity contribution is 6.33. The van der Waals surface area contributed by atoms with Crippen LogP contribution < -0.4 is 0 Å². The van der Waals surface area contributed by atoms with Crippen molar-refractivity contribution in [3.8, 4) is 0 Å². The van der Waals surface area contributed by atoms with E-state index in [0.29, 0.717) is 22.2 Å². The van der Waals surface area contributed by atoms with Crippen molar-refractivity contribution in [1.29, 1.82) is 0 Å². The normalized spacial score (nSPS) is 17.5. The van der Waals surface area contributed by atoms with E-state index in [1.807, 2.05) is 0 Å². The Morgan fingerprint density at radius 2 is 2.15 bits per heavy atom. The molecule has 2 aromatic rings. The zero-order valence-corrected chi connectivity index (χ0v) is 11.9. The van der Waals surface area contributed by atoms with Crippen LogP contribution in [0, 0.1) is 5.92 Å². The van der Waals surface area contributed by atoms with Gasteiger partial charge in [0.05, 0.1) is 0 Å². The predicted molar refractivity (Wildman–Crippen MR) is 73.1 cm³/mol. The molecule has 0 amide bonds. The molecule has 0 radical (unpaired) electrons. The number of carbonyl (C=O) groups excluding carboxylic acids is 1. The molecule has 2 aromatic heterocycles. The molecule has 0 aromatic carbocycles. The summed E-state index contributed by atoms with van der Waals surface area (Å²) in [6, 6.07) is 0. The molecule has 20 heavy (non-hydrogen) atoms. The van der Waals surface area contributed by atoms with E-state index in [4.69, 9.17) is 16.3 Å². The van der Waals surface area contributed by atoms with Gasteiger partial charge in [-0.2, -0.15) is 0 Å². The molecule has 1 aliphatic carbocycles. The Hall–Kier alpha value is -1.69. The second-order valence-corrected chi connectivity index (χ2v) is 5.39. The van der Waals surface area contributed by atoms with Gasteiger partial charge in [0, 0.05) is 12.8 Å². The van der Waals surface area contributed by atoms with E-state index in [2.05, 4.69) is 15.0 Å². The lowest BCUT2D eigenvalue weighted by Crippen LogP contribution is -2.22. The van der Waals surface area contributed by atoms with E-state index in [1.54, 1.807) is 10.9 Å². The van der Waals surface area contributed by atoms with Crippen LogP contribution in [0.2, 0.25) is 5.15 Å². The minimum Gasteiger partial charge on any atom is -0.441 e. The lowest BCUT2D eigenvalue weighted by molar-refractivity contribution is -0.155. The Kier molecular flexibility index (Phi) is 3.56. The molecule has 0 N–H and O–H groups in total. The molecule has 1 fully saturated rings. The quantitative estimate of drug-likeness (QED) is 0.643. The van der Waals surface area contributed by atoms with Gasteiger partial charge in [-0.1, -0.05) is 24.4 Å². The summed E-state index contributed by atoms with van der Waals surface area (Å²) in [6.07, 6.45) is 7.04. The zero-order chi connectivity index (χ0) is 14.1. The smallest absolute Gasteiger partial charge is 0.304 e. The molecule has 1 atom stereocenters. The van der Waals surface area contributed by atoms with Crippen LogP contribution in [-0.2, 0) is 9.53 Å². The summed E-state index contributed by atoms with van der Waals surface area (Å²) in [6.45, 7) is 1.42. The summed E-state index contributed by atoms with van der Waals surface area (Å²) in [7, 11) is 0. The van der Waals surface area contributed by atoms with Crippen molar-refractivity contribution in [2.45, 2.75) is 38.8 Å². The van der Waals surface area contributed by atoms with E-state index >= 15 is 0 Å². The van der Waals surface area contributed by atoms with Crippen molar-refractivity contribution in [2.24, 2.45) is 5.92 Å². The fraction of sp³-hybridized carbons (Fsp3) is 0.538. The summed E-state index contributed by atoms with van der Waals surface area (Å²) in [4.78, 5) is 23.8. The van der Waals surface area contributed by atoms with Crippen molar-refractivity contribution in [2.75, 3.05) is 0 Å². The van der Waals surface area contributed by atoms with Gasteiger partial charge in [-0.05, 0) is 12.8 Å². The number of hydrogen-bond acceptors (Lipinski definition) is 5. The molecule has 0 bridgehead atoms. The number of rotatable bonds is 3. The Labute approximate surface area is 121 Å². The van der Waals surface area contributed by atoms with E-state index in [1.165, 1.54) is 13.3 Å². The third-order valence-electron chi connectivity index (χ3n) is 3.68. The largest absolute Gasteiger partial charge is 0.441 e. The average molecular weight is 295 g/mol. The Balaban J connectivity index is 2.04. The number of carbonyl (C=O) groups is 1. The highest BCUT2D eigenvalue weighted by Crippen LogP contribution is 2.36. The molecule has 106 valence electrons. The van der Waals surface area contributed by atoms with Crippen LogP contribution in [0.1, 0.15) is 38.8 Å². The summed E-state index contributed by atoms with van der Waals surface area (Å²) in [5.74, 6) is -0.00561. The van der Waals surface area contributed by atoms with E-state index in [-0.39, 0.29) is 12.2 Å². The molecule has 0 spiro atoms. The first-order valence-electron chi connectivity index (χ1n) is 6.67. The zero-order valence-electron chi connectivity index (χ0n) is 11.1. The third kappa shape index (κ3) is 2.35. The van der Waals surface area contributed by atoms with Crippen LogP contribution in [0.4, 0.5) is 0 Å². The van der Waals surface area contributed by atoms with Gasteiger partial charge in [0.2, 0.25) is 0 Å². The number of esters is 1. The van der Waals surface area contributed by atoms with Gasteiger partial charge in [-0.15, -0.1) is 0 Å². The number of halogens is 1. The summed E-state index contributed by atoms with van der Waals surface area (Å²) < 4.78 is 7.30. The Bertz CT molecular complexity index is 636. The first-order valence-corrected chi connectivity index (χ1v) is 7.05. The minimum atomic E-state index is -0.369. The fourth-order valence-corrected chi connectivity index (χ4v) is 2.98. The van der Waals surface area contributed by atoms with Gasteiger partial charge in [-0.25, -0.2) is 15.0 Å². The monoisotopic (exact) mass is 294 g/mol. The molecule has 0 saturated heterocycles. The fourth-order valence-electron chi connectivity index (χ4n) is 2.80. The summed E-state index contributed by atoms with van der Waals surface area (Å²) in [5.41, 5.74) is 1.13. The maximum atomic E-state index is 11.4. The number of hydrogen-bond donors (Lipinski definition) is 0. The van der Waals surface area contributed by atoms with Gasteiger partial charge in [0.25, 0.3) is 0 Å². The van der Waals surface area contributed by atoms with Gasteiger partial charge in [0.1, 0.15) is 18.2 Å². The van der Waals surface area contributed by atoms with Crippen LogP contribution >= 0.6 is 11.6 Å². The van der Waals surface area contributed by atoms with Crippen molar-refractivity contribution in [3.05, 3.63) is 17.8 Å². The second kappa shape index (κ2) is 5.36. The van der Waals surface area contributed by atoms with E-state index < -0.39 is 0 Å². The summed E-state index contributed by atoms with van der Waals surface area (Å²) in [5, 5.41) is 0.307. The molecular formula is C13H15ClN4O2. The Morgan fingerprint density at radius 1 is 1.40 bits per heavy atom. The first kappa shape index (κ1) is 13.3. The van der Waals surface area contributed by atoms with Crippen molar-refractivity contribution >= 4 is 28.7 Å². The van der Waals surface area contributed by atoms with Gasteiger partial charge in [-0.3, -0.25) is 9.36 Å². The molecule has 7 heteroatoms. The molecule has 6 nitrogen and oxygen atoms in total. The molecule has 2 heterocycles. The van der Waals surface area contributed by atoms with Crippen LogP contribution in [0.3, 0.4) is 0 Å². The number of ether oxygens (including phenoxy) is 1. The third-order valence-corrected chi connectivity index (χ3v) is 3.95.